The highest BCUT2D eigenvalue weighted by Gasteiger charge is 2.34. The van der Waals surface area contributed by atoms with Gasteiger partial charge in [-0.3, -0.25) is 0 Å². The van der Waals surface area contributed by atoms with Crippen molar-refractivity contribution in [3.8, 4) is 0 Å². The fourth-order valence-corrected chi connectivity index (χ4v) is 6.23. The van der Waals surface area contributed by atoms with Gasteiger partial charge >= 0.3 is 0 Å². The number of benzene rings is 2. The molecule has 2 aliphatic rings. The largest absolute Gasteiger partial charge is 0.385 e. The minimum Gasteiger partial charge on any atom is -0.385 e. The third kappa shape index (κ3) is 6.52. The molecule has 0 amide bonds. The molecule has 3 N–H and O–H groups in total. The minimum atomic E-state index is -3.25. The fourth-order valence-electron chi connectivity index (χ4n) is 5.13. The van der Waals surface area contributed by atoms with E-state index in [9.17, 15) is 17.9 Å². The van der Waals surface area contributed by atoms with Gasteiger partial charge in [-0.05, 0) is 94.2 Å². The second kappa shape index (κ2) is 11.3. The second-order valence-electron chi connectivity index (χ2n) is 10.5. The lowest BCUT2D eigenvalue weighted by Gasteiger charge is -2.39. The normalized spacial score (nSPS) is 22.6. The Hall–Kier alpha value is -1.87. The maximum atomic E-state index is 14.9. The van der Waals surface area contributed by atoms with Crippen LogP contribution in [0.1, 0.15) is 57.9 Å². The first kappa shape index (κ1) is 27.2. The number of nitrogens with zero attached hydrogens (tertiary/aromatic N) is 1. The number of anilines is 2. The predicted molar refractivity (Wildman–Crippen MR) is 145 cm³/mol. The van der Waals surface area contributed by atoms with Gasteiger partial charge in [-0.25, -0.2) is 17.5 Å². The summed E-state index contributed by atoms with van der Waals surface area (Å²) in [5.74, 6) is 0.0981. The highest BCUT2D eigenvalue weighted by Crippen LogP contribution is 2.36. The fraction of sp³-hybridized carbons (Fsp3) is 0.556. The molecule has 0 unspecified atom stereocenters. The Bertz CT molecular complexity index is 1130. The predicted octanol–water partition coefficient (Wildman–Crippen LogP) is 5.27. The van der Waals surface area contributed by atoms with Gasteiger partial charge in [0, 0.05) is 36.4 Å². The summed E-state index contributed by atoms with van der Waals surface area (Å²) in [7, 11) is -3.25. The SMILES string of the molecule is CC(C)S(=O)(=O)N[C@H]1CC[C@H](CNc2ccc(N3CCC(O)(c4ccc(Cl)cc4)CC3)cc2F)CC1. The molecular formula is C27H37ClFN3O3S. The topological polar surface area (TPSA) is 81.7 Å². The lowest BCUT2D eigenvalue weighted by atomic mass is 9.84. The maximum absolute atomic E-state index is 14.9. The first-order chi connectivity index (χ1) is 17.1. The molecule has 1 heterocycles. The number of piperidine rings is 1. The first-order valence-corrected chi connectivity index (χ1v) is 14.8. The van der Waals surface area contributed by atoms with Crippen molar-refractivity contribution in [2.45, 2.75) is 69.3 Å². The van der Waals surface area contributed by atoms with Crippen LogP contribution in [0.15, 0.2) is 42.5 Å². The number of nitrogens with one attached hydrogen (secondary N) is 2. The zero-order chi connectivity index (χ0) is 25.9. The van der Waals surface area contributed by atoms with Crippen LogP contribution in [0.4, 0.5) is 15.8 Å². The van der Waals surface area contributed by atoms with Gasteiger partial charge in [-0.1, -0.05) is 23.7 Å². The Balaban J connectivity index is 1.26. The molecule has 36 heavy (non-hydrogen) atoms. The average Bonchev–Trinajstić information content (AvgIpc) is 2.85. The van der Waals surface area contributed by atoms with Crippen molar-refractivity contribution >= 4 is 33.0 Å². The standard InChI is InChI=1S/C27H37ClFN3O3S/c1-19(2)36(34,35)31-23-9-3-20(4-10-23)18-30-26-12-11-24(17-25(26)29)32-15-13-27(33,14-16-32)21-5-7-22(28)8-6-21/h5-8,11-12,17,19-20,23,30-31,33H,3-4,9-10,13-16,18H2,1-2H3/t20-,23-. The zero-order valence-corrected chi connectivity index (χ0v) is 22.6. The second-order valence-corrected chi connectivity index (χ2v) is 13.2. The summed E-state index contributed by atoms with van der Waals surface area (Å²) in [5.41, 5.74) is 1.27. The van der Waals surface area contributed by atoms with Crippen molar-refractivity contribution in [1.29, 1.82) is 0 Å². The molecule has 0 atom stereocenters. The molecule has 2 aromatic carbocycles. The van der Waals surface area contributed by atoms with E-state index in [0.29, 0.717) is 49.1 Å². The zero-order valence-electron chi connectivity index (χ0n) is 21.0. The third-order valence-electron chi connectivity index (χ3n) is 7.67. The van der Waals surface area contributed by atoms with Crippen LogP contribution >= 0.6 is 11.6 Å². The summed E-state index contributed by atoms with van der Waals surface area (Å²) in [4.78, 5) is 2.11. The van der Waals surface area contributed by atoms with Gasteiger partial charge < -0.3 is 15.3 Å². The van der Waals surface area contributed by atoms with Gasteiger partial charge in [0.25, 0.3) is 0 Å². The number of hydrogen-bond donors (Lipinski definition) is 3. The van der Waals surface area contributed by atoms with Crippen LogP contribution in [0.2, 0.25) is 5.02 Å². The number of halogens is 2. The van der Waals surface area contributed by atoms with Gasteiger partial charge in [0.05, 0.1) is 16.5 Å². The van der Waals surface area contributed by atoms with E-state index in [1.165, 1.54) is 0 Å². The van der Waals surface area contributed by atoms with E-state index >= 15 is 0 Å². The molecule has 0 aromatic heterocycles. The number of hydrogen-bond acceptors (Lipinski definition) is 5. The van der Waals surface area contributed by atoms with E-state index in [4.69, 9.17) is 11.6 Å². The van der Waals surface area contributed by atoms with E-state index in [-0.39, 0.29) is 11.9 Å². The van der Waals surface area contributed by atoms with Crippen LogP contribution in [0.5, 0.6) is 0 Å². The summed E-state index contributed by atoms with van der Waals surface area (Å²) in [5, 5.41) is 14.6. The third-order valence-corrected chi connectivity index (χ3v) is 9.82. The highest BCUT2D eigenvalue weighted by molar-refractivity contribution is 7.90. The molecule has 0 spiro atoms. The Kier molecular flexibility index (Phi) is 8.49. The van der Waals surface area contributed by atoms with Crippen molar-refractivity contribution in [1.82, 2.24) is 4.72 Å². The van der Waals surface area contributed by atoms with Gasteiger partial charge in [0.15, 0.2) is 0 Å². The lowest BCUT2D eigenvalue weighted by Crippen LogP contribution is -2.42. The molecule has 2 aromatic rings. The number of sulfonamides is 1. The molecule has 198 valence electrons. The smallest absolute Gasteiger partial charge is 0.214 e. The summed E-state index contributed by atoms with van der Waals surface area (Å²) in [6.07, 6.45) is 4.54. The van der Waals surface area contributed by atoms with Gasteiger partial charge in [0.1, 0.15) is 5.82 Å². The van der Waals surface area contributed by atoms with E-state index in [0.717, 1.165) is 36.9 Å². The maximum Gasteiger partial charge on any atom is 0.214 e. The van der Waals surface area contributed by atoms with Crippen molar-refractivity contribution in [2.75, 3.05) is 29.9 Å². The van der Waals surface area contributed by atoms with Crippen molar-refractivity contribution in [3.63, 3.8) is 0 Å². The molecular weight excluding hydrogens is 501 g/mol. The molecule has 9 heteroatoms. The number of aliphatic hydroxyl groups is 1. The van der Waals surface area contributed by atoms with Crippen molar-refractivity contribution in [2.24, 2.45) is 5.92 Å². The van der Waals surface area contributed by atoms with E-state index in [1.807, 2.05) is 18.2 Å². The number of rotatable bonds is 8. The summed E-state index contributed by atoms with van der Waals surface area (Å²) < 4.78 is 41.9. The molecule has 6 nitrogen and oxygen atoms in total. The van der Waals surface area contributed by atoms with Crippen molar-refractivity contribution < 1.29 is 17.9 Å². The van der Waals surface area contributed by atoms with Gasteiger partial charge in [0.2, 0.25) is 10.0 Å². The Morgan fingerprint density at radius 2 is 1.72 bits per heavy atom. The van der Waals surface area contributed by atoms with Gasteiger partial charge in [-0.2, -0.15) is 0 Å². The molecule has 1 aliphatic heterocycles. The van der Waals surface area contributed by atoms with Crippen LogP contribution in [0.3, 0.4) is 0 Å². The van der Waals surface area contributed by atoms with E-state index in [2.05, 4.69) is 14.9 Å². The lowest BCUT2D eigenvalue weighted by molar-refractivity contribution is 0.0118. The Morgan fingerprint density at radius 3 is 2.31 bits per heavy atom. The van der Waals surface area contributed by atoms with Crippen LogP contribution in [-0.4, -0.2) is 44.5 Å². The quantitative estimate of drug-likeness (QED) is 0.427. The summed E-state index contributed by atoms with van der Waals surface area (Å²) in [6.45, 7) is 5.30. The highest BCUT2D eigenvalue weighted by atomic mass is 35.5. The van der Waals surface area contributed by atoms with Crippen LogP contribution in [0, 0.1) is 11.7 Å². The van der Waals surface area contributed by atoms with Gasteiger partial charge in [-0.15, -0.1) is 0 Å². The van der Waals surface area contributed by atoms with Crippen LogP contribution in [0.25, 0.3) is 0 Å². The van der Waals surface area contributed by atoms with Crippen LogP contribution < -0.4 is 14.9 Å². The van der Waals surface area contributed by atoms with Crippen molar-refractivity contribution in [3.05, 3.63) is 58.9 Å². The molecule has 4 rings (SSSR count). The monoisotopic (exact) mass is 537 g/mol. The summed E-state index contributed by atoms with van der Waals surface area (Å²) in [6, 6.07) is 12.6. The molecule has 1 saturated heterocycles. The molecule has 1 aliphatic carbocycles. The Labute approximate surface area is 219 Å². The van der Waals surface area contributed by atoms with E-state index in [1.54, 1.807) is 38.1 Å². The minimum absolute atomic E-state index is 0.00781. The molecule has 2 fully saturated rings. The average molecular weight is 538 g/mol. The first-order valence-electron chi connectivity index (χ1n) is 12.8. The Morgan fingerprint density at radius 1 is 1.08 bits per heavy atom. The molecule has 0 radical (unpaired) electrons. The van der Waals surface area contributed by atoms with E-state index < -0.39 is 20.9 Å². The van der Waals surface area contributed by atoms with Crippen LogP contribution in [-0.2, 0) is 15.6 Å². The summed E-state index contributed by atoms with van der Waals surface area (Å²) >= 11 is 5.98. The molecule has 0 bridgehead atoms. The molecule has 1 saturated carbocycles.